The molecule has 1 fully saturated rings. The van der Waals surface area contributed by atoms with Gasteiger partial charge in [-0.2, -0.15) is 0 Å². The molecule has 2 N–H and O–H groups in total. The normalized spacial score (nSPS) is 14.3. The topological polar surface area (TPSA) is 97.8 Å². The Morgan fingerprint density at radius 1 is 1.27 bits per heavy atom. The van der Waals surface area contributed by atoms with Crippen LogP contribution in [-0.4, -0.2) is 35.6 Å². The third-order valence-electron chi connectivity index (χ3n) is 4.82. The Balaban J connectivity index is 1.89. The lowest BCUT2D eigenvalue weighted by Crippen LogP contribution is -2.19. The molecule has 3 rings (SSSR count). The lowest BCUT2D eigenvalue weighted by atomic mass is 10.0. The van der Waals surface area contributed by atoms with Gasteiger partial charge in [0.25, 0.3) is 5.91 Å². The first-order valence-corrected chi connectivity index (χ1v) is 10.2. The van der Waals surface area contributed by atoms with E-state index in [4.69, 9.17) is 9.47 Å². The van der Waals surface area contributed by atoms with E-state index in [-0.39, 0.29) is 18.2 Å². The molecule has 1 aliphatic rings. The van der Waals surface area contributed by atoms with Crippen LogP contribution in [0.4, 0.5) is 0 Å². The zero-order valence-corrected chi connectivity index (χ0v) is 17.6. The SMILES string of the molecule is CNC(=O)c1cc(-c2ncccc2C(O)OC(=O)CC(C)C)ccc1OCC1CC1. The molecule has 2 aromatic rings. The van der Waals surface area contributed by atoms with Crippen LogP contribution in [-0.2, 0) is 9.53 Å². The Labute approximate surface area is 176 Å². The molecule has 0 saturated heterocycles. The summed E-state index contributed by atoms with van der Waals surface area (Å²) < 4.78 is 11.0. The molecule has 0 aliphatic heterocycles. The lowest BCUT2D eigenvalue weighted by molar-refractivity contribution is -0.169. The first kappa shape index (κ1) is 21.8. The smallest absolute Gasteiger partial charge is 0.308 e. The minimum absolute atomic E-state index is 0.122. The van der Waals surface area contributed by atoms with Gasteiger partial charge in [0.2, 0.25) is 6.29 Å². The van der Waals surface area contributed by atoms with Crippen LogP contribution < -0.4 is 10.1 Å². The number of hydrogen-bond donors (Lipinski definition) is 2. The molecule has 1 atom stereocenters. The Morgan fingerprint density at radius 3 is 2.70 bits per heavy atom. The minimum Gasteiger partial charge on any atom is -0.492 e. The van der Waals surface area contributed by atoms with E-state index >= 15 is 0 Å². The van der Waals surface area contributed by atoms with E-state index in [9.17, 15) is 14.7 Å². The van der Waals surface area contributed by atoms with Gasteiger partial charge in [0.05, 0.1) is 17.9 Å². The summed E-state index contributed by atoms with van der Waals surface area (Å²) in [5.41, 5.74) is 1.78. The van der Waals surface area contributed by atoms with Crippen LogP contribution in [0, 0.1) is 11.8 Å². The van der Waals surface area contributed by atoms with Gasteiger partial charge in [0.15, 0.2) is 0 Å². The number of carbonyl (C=O) groups excluding carboxylic acids is 2. The van der Waals surface area contributed by atoms with Crippen LogP contribution in [0.15, 0.2) is 36.5 Å². The Morgan fingerprint density at radius 2 is 2.03 bits per heavy atom. The van der Waals surface area contributed by atoms with Crippen molar-refractivity contribution in [3.63, 3.8) is 0 Å². The fourth-order valence-corrected chi connectivity index (χ4v) is 3.04. The largest absolute Gasteiger partial charge is 0.492 e. The van der Waals surface area contributed by atoms with E-state index in [0.29, 0.717) is 40.7 Å². The molecule has 0 spiro atoms. The van der Waals surface area contributed by atoms with Crippen molar-refractivity contribution >= 4 is 11.9 Å². The van der Waals surface area contributed by atoms with Gasteiger partial charge in [0, 0.05) is 30.8 Å². The fraction of sp³-hybridized carbons (Fsp3) is 0.435. The molecule has 0 radical (unpaired) electrons. The number of aliphatic hydroxyl groups is 1. The second-order valence-electron chi connectivity index (χ2n) is 7.93. The Kier molecular flexibility index (Phi) is 7.05. The van der Waals surface area contributed by atoms with Gasteiger partial charge in [-0.3, -0.25) is 14.6 Å². The van der Waals surface area contributed by atoms with E-state index in [1.165, 1.54) is 0 Å². The molecule has 7 nitrogen and oxygen atoms in total. The van der Waals surface area contributed by atoms with Gasteiger partial charge in [-0.1, -0.05) is 13.8 Å². The third kappa shape index (κ3) is 5.57. The van der Waals surface area contributed by atoms with Crippen LogP contribution in [0.5, 0.6) is 5.75 Å². The second-order valence-corrected chi connectivity index (χ2v) is 7.93. The summed E-state index contributed by atoms with van der Waals surface area (Å²) in [6, 6.07) is 8.49. The Hall–Kier alpha value is -2.93. The van der Waals surface area contributed by atoms with Crippen molar-refractivity contribution in [2.24, 2.45) is 11.8 Å². The molecule has 1 aliphatic carbocycles. The summed E-state index contributed by atoms with van der Waals surface area (Å²) in [5, 5.41) is 13.1. The predicted octanol–water partition coefficient (Wildman–Crippen LogP) is 3.48. The summed E-state index contributed by atoms with van der Waals surface area (Å²) in [6.45, 7) is 4.38. The van der Waals surface area contributed by atoms with Crippen molar-refractivity contribution in [2.75, 3.05) is 13.7 Å². The average Bonchev–Trinajstić information content (AvgIpc) is 3.55. The molecule has 1 saturated carbocycles. The van der Waals surface area contributed by atoms with Gasteiger partial charge >= 0.3 is 5.97 Å². The first-order chi connectivity index (χ1) is 14.4. The number of rotatable bonds is 9. The summed E-state index contributed by atoms with van der Waals surface area (Å²) in [7, 11) is 1.56. The van der Waals surface area contributed by atoms with Gasteiger partial charge in [-0.05, 0) is 55.0 Å². The zero-order chi connectivity index (χ0) is 21.7. The number of pyridine rings is 1. The molecule has 1 aromatic carbocycles. The highest BCUT2D eigenvalue weighted by Crippen LogP contribution is 2.33. The lowest BCUT2D eigenvalue weighted by Gasteiger charge is -2.17. The number of carbonyl (C=O) groups is 2. The van der Waals surface area contributed by atoms with Crippen molar-refractivity contribution < 1.29 is 24.2 Å². The number of esters is 1. The number of benzene rings is 1. The molecular formula is C23H28N2O5. The maximum absolute atomic E-state index is 12.4. The molecule has 7 heteroatoms. The molecule has 1 heterocycles. The van der Waals surface area contributed by atoms with Crippen molar-refractivity contribution in [1.29, 1.82) is 0 Å². The fourth-order valence-electron chi connectivity index (χ4n) is 3.04. The van der Waals surface area contributed by atoms with Gasteiger partial charge in [-0.25, -0.2) is 0 Å². The van der Waals surface area contributed by atoms with Crippen LogP contribution in [0.3, 0.4) is 0 Å². The summed E-state index contributed by atoms with van der Waals surface area (Å²) in [5.74, 6) is 0.425. The standard InChI is InChI=1S/C23H28N2O5/c1-14(2)11-20(26)30-23(28)17-5-4-10-25-21(17)16-8-9-19(29-13-15-6-7-15)18(12-16)22(27)24-3/h4-5,8-10,12,14-15,23,28H,6-7,11,13H2,1-3H3,(H,24,27). The first-order valence-electron chi connectivity index (χ1n) is 10.2. The minimum atomic E-state index is -1.45. The number of nitrogens with zero attached hydrogens (tertiary/aromatic N) is 1. The van der Waals surface area contributed by atoms with Crippen LogP contribution >= 0.6 is 0 Å². The highest BCUT2D eigenvalue weighted by atomic mass is 16.6. The Bertz CT molecular complexity index is 908. The maximum Gasteiger partial charge on any atom is 0.308 e. The summed E-state index contributed by atoms with van der Waals surface area (Å²) in [4.78, 5) is 28.7. The molecule has 1 aromatic heterocycles. The molecule has 0 bridgehead atoms. The van der Waals surface area contributed by atoms with E-state index in [1.54, 1.807) is 43.6 Å². The summed E-state index contributed by atoms with van der Waals surface area (Å²) in [6.07, 6.45) is 2.64. The van der Waals surface area contributed by atoms with Gasteiger partial charge in [0.1, 0.15) is 5.75 Å². The highest BCUT2D eigenvalue weighted by Gasteiger charge is 2.24. The number of amides is 1. The van der Waals surface area contributed by atoms with Crippen molar-refractivity contribution in [3.05, 3.63) is 47.7 Å². The van der Waals surface area contributed by atoms with Crippen LogP contribution in [0.25, 0.3) is 11.3 Å². The number of aliphatic hydroxyl groups excluding tert-OH is 1. The van der Waals surface area contributed by atoms with E-state index in [1.807, 2.05) is 13.8 Å². The van der Waals surface area contributed by atoms with Crippen LogP contribution in [0.2, 0.25) is 0 Å². The average molecular weight is 412 g/mol. The van der Waals surface area contributed by atoms with Crippen molar-refractivity contribution in [3.8, 4) is 17.0 Å². The third-order valence-corrected chi connectivity index (χ3v) is 4.82. The van der Waals surface area contributed by atoms with Gasteiger partial charge < -0.3 is 19.9 Å². The van der Waals surface area contributed by atoms with Crippen molar-refractivity contribution in [2.45, 2.75) is 39.4 Å². The molecule has 30 heavy (non-hydrogen) atoms. The highest BCUT2D eigenvalue weighted by molar-refractivity contribution is 5.98. The van der Waals surface area contributed by atoms with E-state index in [2.05, 4.69) is 10.3 Å². The number of nitrogens with one attached hydrogen (secondary N) is 1. The summed E-state index contributed by atoms with van der Waals surface area (Å²) >= 11 is 0. The maximum atomic E-state index is 12.4. The monoisotopic (exact) mass is 412 g/mol. The predicted molar refractivity (Wildman–Crippen MR) is 112 cm³/mol. The quantitative estimate of drug-likeness (QED) is 0.483. The second kappa shape index (κ2) is 9.71. The molecular weight excluding hydrogens is 384 g/mol. The number of ether oxygens (including phenoxy) is 2. The van der Waals surface area contributed by atoms with E-state index < -0.39 is 12.3 Å². The number of aromatic nitrogens is 1. The van der Waals surface area contributed by atoms with E-state index in [0.717, 1.165) is 12.8 Å². The van der Waals surface area contributed by atoms with Crippen molar-refractivity contribution in [1.82, 2.24) is 10.3 Å². The molecule has 160 valence electrons. The van der Waals surface area contributed by atoms with Gasteiger partial charge in [-0.15, -0.1) is 0 Å². The molecule has 1 amide bonds. The number of hydrogen-bond acceptors (Lipinski definition) is 6. The van der Waals surface area contributed by atoms with Crippen LogP contribution in [0.1, 0.15) is 55.3 Å². The zero-order valence-electron chi connectivity index (χ0n) is 17.6. The molecule has 1 unspecified atom stereocenters.